The quantitative estimate of drug-likeness (QED) is 0.259. The van der Waals surface area contributed by atoms with Crippen molar-refractivity contribution in [2.75, 3.05) is 6.54 Å². The Bertz CT molecular complexity index is 1110. The number of rotatable bonds is 6. The second-order valence-electron chi connectivity index (χ2n) is 7.51. The molecule has 0 spiro atoms. The molecule has 0 unspecified atom stereocenters. The number of hydrogen-bond acceptors (Lipinski definition) is 3. The van der Waals surface area contributed by atoms with Crippen molar-refractivity contribution in [2.24, 2.45) is 0 Å². The fraction of sp³-hybridized carbons (Fsp3) is 0.154. The molecule has 0 saturated carbocycles. The molecule has 2 aliphatic rings. The van der Waals surface area contributed by atoms with Gasteiger partial charge in [0.1, 0.15) is 5.41 Å². The van der Waals surface area contributed by atoms with Crippen molar-refractivity contribution in [1.29, 1.82) is 0 Å². The van der Waals surface area contributed by atoms with Crippen molar-refractivity contribution in [3.63, 3.8) is 0 Å². The van der Waals surface area contributed by atoms with E-state index in [0.29, 0.717) is 17.7 Å². The van der Waals surface area contributed by atoms with Crippen LogP contribution in [0.1, 0.15) is 40.0 Å². The van der Waals surface area contributed by atoms with Crippen LogP contribution in [0.25, 0.3) is 0 Å². The van der Waals surface area contributed by atoms with Gasteiger partial charge in [-0.1, -0.05) is 48.2 Å². The number of benzene rings is 3. The number of nitrogens with zero attached hydrogens (tertiary/aromatic N) is 1. The molecule has 2 heterocycles. The van der Waals surface area contributed by atoms with Crippen molar-refractivity contribution in [1.82, 2.24) is 4.90 Å². The number of carbonyl (C=O) groups is 2. The van der Waals surface area contributed by atoms with Crippen molar-refractivity contribution in [3.05, 3.63) is 95.4 Å². The minimum atomic E-state index is -0.162. The zero-order chi connectivity index (χ0) is 21.2. The van der Waals surface area contributed by atoms with Crippen LogP contribution in [0.5, 0.6) is 0 Å². The molecule has 0 saturated heterocycles. The third kappa shape index (κ3) is 3.84. The summed E-state index contributed by atoms with van der Waals surface area (Å²) in [7, 11) is -0.0604. The normalized spacial score (nSPS) is 15.3. The number of imide groups is 1. The monoisotopic (exact) mass is 444 g/mol. The van der Waals surface area contributed by atoms with Gasteiger partial charge < -0.3 is 0 Å². The van der Waals surface area contributed by atoms with E-state index < -0.39 is 0 Å². The molecule has 5 heteroatoms. The molecule has 0 aliphatic carbocycles. The predicted octanol–water partition coefficient (Wildman–Crippen LogP) is 6.17. The van der Waals surface area contributed by atoms with Gasteiger partial charge in [-0.2, -0.15) is 0 Å². The zero-order valence-electron chi connectivity index (χ0n) is 17.0. The molecule has 0 atom stereocenters. The third-order valence-electron chi connectivity index (χ3n) is 5.51. The highest BCUT2D eigenvalue weighted by Crippen LogP contribution is 2.45. The molecule has 0 N–H and O–H groups in total. The van der Waals surface area contributed by atoms with E-state index in [2.05, 4.69) is 60.0 Å². The van der Waals surface area contributed by atoms with E-state index in [4.69, 9.17) is 0 Å². The van der Waals surface area contributed by atoms with E-state index in [1.54, 1.807) is 24.3 Å². The molecule has 2 amide bonds. The Balaban J connectivity index is 1.20. The topological polar surface area (TPSA) is 37.4 Å². The molecular weight excluding hydrogens is 422 g/mol. The Kier molecular flexibility index (Phi) is 5.70. The summed E-state index contributed by atoms with van der Waals surface area (Å²) in [6.07, 6.45) is 4.95. The van der Waals surface area contributed by atoms with Crippen molar-refractivity contribution in [2.45, 2.75) is 38.8 Å². The first-order valence-corrected chi connectivity index (χ1v) is 12.6. The van der Waals surface area contributed by atoms with Crippen LogP contribution in [0.2, 0.25) is 0 Å². The molecule has 3 nitrogen and oxygen atoms in total. The molecule has 2 aliphatic heterocycles. The summed E-state index contributed by atoms with van der Waals surface area (Å²) in [6.45, 7) is 0.480. The summed E-state index contributed by atoms with van der Waals surface area (Å²) >= 11 is 1.85. The summed E-state index contributed by atoms with van der Waals surface area (Å²) in [4.78, 5) is 31.7. The third-order valence-corrected chi connectivity index (χ3v) is 9.04. The zero-order valence-corrected chi connectivity index (χ0v) is 18.6. The lowest BCUT2D eigenvalue weighted by molar-refractivity contribution is 0.0652. The van der Waals surface area contributed by atoms with E-state index in [9.17, 15) is 9.59 Å². The molecule has 5 rings (SSSR count). The highest BCUT2D eigenvalue weighted by atomic mass is 32.2. The minimum Gasteiger partial charge on any atom is -0.274 e. The van der Waals surface area contributed by atoms with Crippen LogP contribution in [0, 0.1) is 0 Å². The molecule has 154 valence electrons. The summed E-state index contributed by atoms with van der Waals surface area (Å²) in [5.74, 6) is -0.323. The van der Waals surface area contributed by atoms with Gasteiger partial charge in [0.2, 0.25) is 0 Å². The van der Waals surface area contributed by atoms with E-state index in [-0.39, 0.29) is 22.7 Å². The highest BCUT2D eigenvalue weighted by Gasteiger charge is 2.35. The Hall–Kier alpha value is -2.76. The maximum absolute atomic E-state index is 12.5. The number of carbonyl (C=O) groups excluding carboxylic acids is 2. The van der Waals surface area contributed by atoms with Crippen LogP contribution in [-0.2, 0) is 10.9 Å². The standard InChI is InChI=1S/C26H22NO2S2/c28-25-19-11-3-4-12-20(19)26(29)27(25)17-9-1-2-10-18-31-23-15-7-5-13-21(23)30-22-14-6-8-16-24(22)31/h3-8,10-16,18H,1-2,9,17H2/q+1. The van der Waals surface area contributed by atoms with Gasteiger partial charge in [-0.05, 0) is 61.7 Å². The lowest BCUT2D eigenvalue weighted by atomic mass is 10.1. The Morgan fingerprint density at radius 3 is 1.90 bits per heavy atom. The first kappa shape index (κ1) is 20.2. The van der Waals surface area contributed by atoms with Crippen LogP contribution in [-0.4, -0.2) is 23.3 Å². The maximum atomic E-state index is 12.5. The number of hydrogen-bond donors (Lipinski definition) is 0. The summed E-state index contributed by atoms with van der Waals surface area (Å²) < 4.78 is 0. The minimum absolute atomic E-state index is 0.0604. The van der Waals surface area contributed by atoms with E-state index in [1.165, 1.54) is 24.5 Å². The van der Waals surface area contributed by atoms with Crippen LogP contribution >= 0.6 is 11.8 Å². The van der Waals surface area contributed by atoms with Crippen molar-refractivity contribution < 1.29 is 9.59 Å². The lowest BCUT2D eigenvalue weighted by Gasteiger charge is -2.16. The fourth-order valence-electron chi connectivity index (χ4n) is 3.95. The van der Waals surface area contributed by atoms with Gasteiger partial charge in [0.25, 0.3) is 11.8 Å². The van der Waals surface area contributed by atoms with E-state index >= 15 is 0 Å². The summed E-state index contributed by atoms with van der Waals surface area (Å²) in [6, 6.07) is 24.4. The Labute approximate surface area is 189 Å². The maximum Gasteiger partial charge on any atom is 0.261 e. The van der Waals surface area contributed by atoms with Crippen LogP contribution in [0.15, 0.2) is 104 Å². The number of fused-ring (bicyclic) bond motifs is 3. The van der Waals surface area contributed by atoms with Gasteiger partial charge in [-0.25, -0.2) is 0 Å². The largest absolute Gasteiger partial charge is 0.274 e. The Morgan fingerprint density at radius 2 is 1.29 bits per heavy atom. The van der Waals surface area contributed by atoms with Crippen molar-refractivity contribution in [3.8, 4) is 0 Å². The summed E-state index contributed by atoms with van der Waals surface area (Å²) in [5.41, 5.74) is 1.06. The summed E-state index contributed by atoms with van der Waals surface area (Å²) in [5, 5.41) is 2.33. The molecule has 3 aromatic rings. The molecule has 3 aromatic carbocycles. The first-order valence-electron chi connectivity index (χ1n) is 10.4. The lowest BCUT2D eigenvalue weighted by Crippen LogP contribution is -2.30. The molecule has 0 radical (unpaired) electrons. The van der Waals surface area contributed by atoms with Gasteiger partial charge >= 0.3 is 0 Å². The van der Waals surface area contributed by atoms with E-state index in [1.807, 2.05) is 11.8 Å². The van der Waals surface area contributed by atoms with Gasteiger partial charge in [-0.15, -0.1) is 0 Å². The molecule has 31 heavy (non-hydrogen) atoms. The van der Waals surface area contributed by atoms with Gasteiger partial charge in [0.05, 0.1) is 31.8 Å². The molecule has 0 aromatic heterocycles. The van der Waals surface area contributed by atoms with Gasteiger partial charge in [0.15, 0.2) is 9.79 Å². The average Bonchev–Trinajstić information content (AvgIpc) is 3.05. The molecule has 0 fully saturated rings. The second kappa shape index (κ2) is 8.77. The first-order chi connectivity index (χ1) is 15.2. The number of allylic oxidation sites excluding steroid dienone is 1. The number of unbranched alkanes of at least 4 members (excludes halogenated alkanes) is 2. The van der Waals surface area contributed by atoms with Crippen LogP contribution < -0.4 is 0 Å². The average molecular weight is 445 g/mol. The smallest absolute Gasteiger partial charge is 0.261 e. The van der Waals surface area contributed by atoms with Crippen LogP contribution in [0.4, 0.5) is 0 Å². The molecule has 0 bridgehead atoms. The SMILES string of the molecule is O=C1c2ccccc2C(=O)N1CCCCC=C[S+]1c2ccccc2Sc2ccccc21. The van der Waals surface area contributed by atoms with Gasteiger partial charge in [-0.3, -0.25) is 14.5 Å². The Morgan fingerprint density at radius 1 is 0.742 bits per heavy atom. The predicted molar refractivity (Wildman–Crippen MR) is 126 cm³/mol. The van der Waals surface area contributed by atoms with Gasteiger partial charge in [0, 0.05) is 6.54 Å². The number of amides is 2. The van der Waals surface area contributed by atoms with Crippen LogP contribution in [0.3, 0.4) is 0 Å². The van der Waals surface area contributed by atoms with E-state index in [0.717, 1.165) is 19.3 Å². The molecular formula is C26H22NO2S2+. The highest BCUT2D eigenvalue weighted by molar-refractivity contribution is 8.05. The van der Waals surface area contributed by atoms with Crippen molar-refractivity contribution >= 4 is 34.5 Å². The second-order valence-corrected chi connectivity index (χ2v) is 10.4. The fourth-order valence-corrected chi connectivity index (χ4v) is 7.49.